The molecular formula is C14H22IN3O5. The SMILES string of the molecule is CCCCC(=O)OCC(CCn1ccc(NOI)nc1=O)OC. The fourth-order valence-electron chi connectivity index (χ4n) is 1.83. The zero-order chi connectivity index (χ0) is 17.1. The zero-order valence-electron chi connectivity index (χ0n) is 13.3. The number of esters is 1. The molecule has 0 aromatic carbocycles. The van der Waals surface area contributed by atoms with Gasteiger partial charge < -0.3 is 9.47 Å². The van der Waals surface area contributed by atoms with Gasteiger partial charge in [-0.3, -0.25) is 9.36 Å². The largest absolute Gasteiger partial charge is 0.463 e. The quantitative estimate of drug-likeness (QED) is 0.321. The molecule has 1 rings (SSSR count). The van der Waals surface area contributed by atoms with Crippen LogP contribution in [0.2, 0.25) is 0 Å². The van der Waals surface area contributed by atoms with Crippen molar-refractivity contribution in [1.82, 2.24) is 9.55 Å². The Hall–Kier alpha value is -1.20. The molecule has 9 heteroatoms. The number of carbonyl (C=O) groups is 1. The summed E-state index contributed by atoms with van der Waals surface area (Å²) in [6.07, 6.45) is 4.08. The number of ether oxygens (including phenoxy) is 2. The molecule has 0 saturated heterocycles. The maximum Gasteiger partial charge on any atom is 0.349 e. The van der Waals surface area contributed by atoms with Crippen molar-refractivity contribution in [3.8, 4) is 0 Å². The van der Waals surface area contributed by atoms with Crippen LogP contribution in [0, 0.1) is 0 Å². The normalized spacial score (nSPS) is 12.0. The monoisotopic (exact) mass is 439 g/mol. The van der Waals surface area contributed by atoms with Crippen molar-refractivity contribution in [3.63, 3.8) is 0 Å². The van der Waals surface area contributed by atoms with Crippen LogP contribution < -0.4 is 11.2 Å². The first kappa shape index (κ1) is 19.8. The van der Waals surface area contributed by atoms with Crippen LogP contribution in [0.5, 0.6) is 0 Å². The molecule has 1 unspecified atom stereocenters. The van der Waals surface area contributed by atoms with Gasteiger partial charge in [-0.05, 0) is 18.9 Å². The predicted octanol–water partition coefficient (Wildman–Crippen LogP) is 2.08. The van der Waals surface area contributed by atoms with Gasteiger partial charge in [0.25, 0.3) is 0 Å². The molecule has 1 atom stereocenters. The number of anilines is 1. The van der Waals surface area contributed by atoms with Gasteiger partial charge in [-0.2, -0.15) is 4.98 Å². The molecular weight excluding hydrogens is 417 g/mol. The molecule has 0 bridgehead atoms. The third-order valence-corrected chi connectivity index (χ3v) is 3.43. The maximum absolute atomic E-state index is 11.8. The van der Waals surface area contributed by atoms with Crippen LogP contribution in [0.1, 0.15) is 32.6 Å². The molecule has 0 aliphatic heterocycles. The number of unbranched alkanes of at least 4 members (excludes halogenated alkanes) is 1. The second-order valence-electron chi connectivity index (χ2n) is 4.90. The highest BCUT2D eigenvalue weighted by Crippen LogP contribution is 2.05. The van der Waals surface area contributed by atoms with E-state index in [-0.39, 0.29) is 18.7 Å². The van der Waals surface area contributed by atoms with E-state index in [4.69, 9.17) is 9.47 Å². The van der Waals surface area contributed by atoms with Crippen molar-refractivity contribution in [2.24, 2.45) is 0 Å². The van der Waals surface area contributed by atoms with Crippen LogP contribution >= 0.6 is 23.0 Å². The van der Waals surface area contributed by atoms with E-state index in [9.17, 15) is 9.59 Å². The van der Waals surface area contributed by atoms with Gasteiger partial charge in [0, 0.05) is 26.3 Å². The molecule has 1 aromatic rings. The van der Waals surface area contributed by atoms with E-state index in [1.807, 2.05) is 6.92 Å². The number of halogens is 1. The topological polar surface area (TPSA) is 91.7 Å². The van der Waals surface area contributed by atoms with Gasteiger partial charge >= 0.3 is 11.7 Å². The summed E-state index contributed by atoms with van der Waals surface area (Å²) < 4.78 is 16.6. The summed E-state index contributed by atoms with van der Waals surface area (Å²) in [6, 6.07) is 1.63. The number of methoxy groups -OCH3 is 1. The van der Waals surface area contributed by atoms with Crippen LogP contribution in [-0.4, -0.2) is 35.3 Å². The molecule has 8 nitrogen and oxygen atoms in total. The van der Waals surface area contributed by atoms with Gasteiger partial charge in [0.2, 0.25) is 0 Å². The Morgan fingerprint density at radius 2 is 2.30 bits per heavy atom. The van der Waals surface area contributed by atoms with E-state index in [0.29, 0.717) is 25.2 Å². The van der Waals surface area contributed by atoms with E-state index >= 15 is 0 Å². The lowest BCUT2D eigenvalue weighted by Gasteiger charge is -2.16. The highest BCUT2D eigenvalue weighted by atomic mass is 127. The van der Waals surface area contributed by atoms with E-state index in [1.54, 1.807) is 42.4 Å². The predicted molar refractivity (Wildman–Crippen MR) is 93.1 cm³/mol. The van der Waals surface area contributed by atoms with Crippen molar-refractivity contribution in [2.75, 3.05) is 19.2 Å². The average molecular weight is 439 g/mol. The molecule has 23 heavy (non-hydrogen) atoms. The van der Waals surface area contributed by atoms with Crippen molar-refractivity contribution >= 4 is 34.8 Å². The van der Waals surface area contributed by atoms with E-state index in [1.165, 1.54) is 4.57 Å². The standard InChI is InChI=1S/C14H22IN3O5/c1-3-4-5-13(19)22-10-11(21-2)6-8-18-9-7-12(17-23-15)16-14(18)20/h7,9,11H,3-6,8,10H2,1-2H3,(H,16,17,20). The number of aromatic nitrogens is 2. The minimum Gasteiger partial charge on any atom is -0.463 e. The smallest absolute Gasteiger partial charge is 0.349 e. The zero-order valence-corrected chi connectivity index (χ0v) is 15.4. The number of rotatable bonds is 11. The van der Waals surface area contributed by atoms with E-state index < -0.39 is 5.69 Å². The number of nitrogens with one attached hydrogen (secondary N) is 1. The van der Waals surface area contributed by atoms with Crippen LogP contribution in [-0.2, 0) is 24.0 Å². The highest BCUT2D eigenvalue weighted by molar-refractivity contribution is 14.1. The van der Waals surface area contributed by atoms with Crippen molar-refractivity contribution in [2.45, 2.75) is 45.3 Å². The maximum atomic E-state index is 11.8. The summed E-state index contributed by atoms with van der Waals surface area (Å²) in [6.45, 7) is 2.62. The summed E-state index contributed by atoms with van der Waals surface area (Å²) in [5, 5.41) is 0. The van der Waals surface area contributed by atoms with E-state index in [2.05, 4.69) is 13.6 Å². The third-order valence-electron chi connectivity index (χ3n) is 3.21. The Balaban J connectivity index is 2.45. The molecule has 0 fully saturated rings. The number of aryl methyl sites for hydroxylation is 1. The number of nitrogens with zero attached hydrogens (tertiary/aromatic N) is 2. The van der Waals surface area contributed by atoms with Crippen molar-refractivity contribution in [3.05, 3.63) is 22.7 Å². The molecule has 0 aliphatic rings. The fourth-order valence-corrected chi connectivity index (χ4v) is 2.05. The second-order valence-corrected chi connectivity index (χ2v) is 5.34. The molecule has 1 N–H and O–H groups in total. The Bertz CT molecular complexity index is 537. The molecule has 0 radical (unpaired) electrons. The molecule has 1 aromatic heterocycles. The van der Waals surface area contributed by atoms with Gasteiger partial charge in [-0.25, -0.2) is 13.4 Å². The lowest BCUT2D eigenvalue weighted by atomic mass is 10.2. The number of carbonyl (C=O) groups excluding carboxylic acids is 1. The minimum atomic E-state index is -0.391. The summed E-state index contributed by atoms with van der Waals surface area (Å²) >= 11 is 1.65. The molecule has 1 heterocycles. The lowest BCUT2D eigenvalue weighted by Crippen LogP contribution is -2.27. The Morgan fingerprint density at radius 1 is 1.52 bits per heavy atom. The highest BCUT2D eigenvalue weighted by Gasteiger charge is 2.12. The Labute approximate surface area is 149 Å². The Morgan fingerprint density at radius 3 is 2.91 bits per heavy atom. The summed E-state index contributed by atoms with van der Waals surface area (Å²) in [7, 11) is 1.55. The molecule has 130 valence electrons. The number of hydrogen-bond donors (Lipinski definition) is 1. The Kier molecular flexibility index (Phi) is 9.80. The van der Waals surface area contributed by atoms with Gasteiger partial charge in [0.15, 0.2) is 5.82 Å². The van der Waals surface area contributed by atoms with E-state index in [0.717, 1.165) is 12.8 Å². The van der Waals surface area contributed by atoms with Gasteiger partial charge in [-0.15, -0.1) is 0 Å². The fraction of sp³-hybridized carbons (Fsp3) is 0.643. The third kappa shape index (κ3) is 7.75. The first-order chi connectivity index (χ1) is 11.1. The lowest BCUT2D eigenvalue weighted by molar-refractivity contribution is -0.147. The molecule has 0 amide bonds. The minimum absolute atomic E-state index is 0.184. The van der Waals surface area contributed by atoms with Crippen LogP contribution in [0.4, 0.5) is 5.82 Å². The van der Waals surface area contributed by atoms with Crippen molar-refractivity contribution in [1.29, 1.82) is 0 Å². The summed E-state index contributed by atoms with van der Waals surface area (Å²) in [4.78, 5) is 27.1. The molecule has 0 saturated carbocycles. The average Bonchev–Trinajstić information content (AvgIpc) is 2.54. The summed E-state index contributed by atoms with van der Waals surface area (Å²) in [5.74, 6) is 0.121. The van der Waals surface area contributed by atoms with Crippen LogP contribution in [0.25, 0.3) is 0 Å². The van der Waals surface area contributed by atoms with Crippen molar-refractivity contribution < 1.29 is 17.4 Å². The summed E-state index contributed by atoms with van der Waals surface area (Å²) in [5.41, 5.74) is 2.09. The first-order valence-corrected chi connectivity index (χ1v) is 8.28. The molecule has 0 aliphatic carbocycles. The van der Waals surface area contributed by atoms with Crippen LogP contribution in [0.15, 0.2) is 17.1 Å². The molecule has 0 spiro atoms. The van der Waals surface area contributed by atoms with Gasteiger partial charge in [0.1, 0.15) is 29.6 Å². The van der Waals surface area contributed by atoms with Crippen LogP contribution in [0.3, 0.4) is 0 Å². The second kappa shape index (κ2) is 11.4. The van der Waals surface area contributed by atoms with Gasteiger partial charge in [0.05, 0.1) is 6.10 Å². The van der Waals surface area contributed by atoms with Gasteiger partial charge in [-0.1, -0.05) is 13.3 Å². The first-order valence-electron chi connectivity index (χ1n) is 7.40. The number of hydrogen-bond acceptors (Lipinski definition) is 7.